The Labute approximate surface area is 78.0 Å². The van der Waals surface area contributed by atoms with Crippen LogP contribution in [0.4, 0.5) is 0 Å². The molecule has 0 saturated carbocycles. The van der Waals surface area contributed by atoms with Gasteiger partial charge in [0.15, 0.2) is 6.29 Å². The molecule has 2 atom stereocenters. The van der Waals surface area contributed by atoms with E-state index in [1.807, 2.05) is 11.8 Å². The van der Waals surface area contributed by atoms with Gasteiger partial charge < -0.3 is 15.2 Å². The Hall–Kier alpha value is 0.230. The van der Waals surface area contributed by atoms with E-state index >= 15 is 0 Å². The van der Waals surface area contributed by atoms with E-state index in [0.29, 0.717) is 13.2 Å². The van der Waals surface area contributed by atoms with E-state index in [4.69, 9.17) is 15.2 Å². The molecule has 72 valence electrons. The fraction of sp³-hybridized carbons (Fsp3) is 1.00. The first-order chi connectivity index (χ1) is 5.86. The lowest BCUT2D eigenvalue weighted by atomic mass is 10.4. The number of ether oxygens (including phenoxy) is 2. The molecule has 1 rings (SSSR count). The van der Waals surface area contributed by atoms with E-state index in [1.54, 1.807) is 0 Å². The molecule has 2 unspecified atom stereocenters. The third kappa shape index (κ3) is 3.31. The van der Waals surface area contributed by atoms with Crippen molar-refractivity contribution in [3.05, 3.63) is 0 Å². The van der Waals surface area contributed by atoms with Crippen LogP contribution in [0, 0.1) is 0 Å². The minimum Gasteiger partial charge on any atom is -0.350 e. The van der Waals surface area contributed by atoms with Crippen LogP contribution >= 0.6 is 11.8 Å². The zero-order valence-electron chi connectivity index (χ0n) is 7.49. The maximum atomic E-state index is 5.50. The zero-order valence-corrected chi connectivity index (χ0v) is 8.31. The second-order valence-electron chi connectivity index (χ2n) is 2.74. The third-order valence-corrected chi connectivity index (χ3v) is 2.71. The highest BCUT2D eigenvalue weighted by Gasteiger charge is 2.23. The Bertz CT molecular complexity index is 124. The molecule has 3 nitrogen and oxygen atoms in total. The molecule has 1 aliphatic heterocycles. The van der Waals surface area contributed by atoms with Gasteiger partial charge in [0.2, 0.25) is 0 Å². The molecule has 0 aromatic heterocycles. The van der Waals surface area contributed by atoms with Gasteiger partial charge in [-0.1, -0.05) is 6.92 Å². The molecule has 0 aromatic carbocycles. The SMILES string of the molecule is CCSCCC1OCC(CN)O1. The summed E-state index contributed by atoms with van der Waals surface area (Å²) in [6, 6.07) is 0. The van der Waals surface area contributed by atoms with Crippen LogP contribution in [-0.2, 0) is 9.47 Å². The minimum absolute atomic E-state index is 0.00222. The molecule has 0 bridgehead atoms. The molecule has 0 spiro atoms. The summed E-state index contributed by atoms with van der Waals surface area (Å²) in [4.78, 5) is 0. The molecule has 0 aliphatic carbocycles. The first-order valence-electron chi connectivity index (χ1n) is 4.41. The van der Waals surface area contributed by atoms with E-state index in [9.17, 15) is 0 Å². The number of nitrogens with two attached hydrogens (primary N) is 1. The average molecular weight is 191 g/mol. The predicted octanol–water partition coefficient (Wildman–Crippen LogP) is 0.830. The Morgan fingerprint density at radius 2 is 2.42 bits per heavy atom. The zero-order chi connectivity index (χ0) is 8.81. The molecule has 1 aliphatic rings. The Morgan fingerprint density at radius 1 is 1.58 bits per heavy atom. The van der Waals surface area contributed by atoms with Gasteiger partial charge in [0, 0.05) is 13.0 Å². The van der Waals surface area contributed by atoms with Gasteiger partial charge in [0.1, 0.15) is 0 Å². The molecule has 0 amide bonds. The van der Waals surface area contributed by atoms with Gasteiger partial charge in [-0.3, -0.25) is 0 Å². The molecule has 1 heterocycles. The molecule has 1 fully saturated rings. The van der Waals surface area contributed by atoms with Crippen molar-refractivity contribution in [3.8, 4) is 0 Å². The minimum atomic E-state index is -0.00222. The summed E-state index contributed by atoms with van der Waals surface area (Å²) in [6.45, 7) is 3.39. The molecule has 0 radical (unpaired) electrons. The molecule has 12 heavy (non-hydrogen) atoms. The first kappa shape index (κ1) is 10.3. The summed E-state index contributed by atoms with van der Waals surface area (Å²) in [5.74, 6) is 2.27. The van der Waals surface area contributed by atoms with Crippen molar-refractivity contribution in [1.29, 1.82) is 0 Å². The number of rotatable bonds is 5. The lowest BCUT2D eigenvalue weighted by molar-refractivity contribution is -0.0562. The standard InChI is InChI=1S/C8H17NO2S/c1-2-12-4-3-8-10-6-7(5-9)11-8/h7-8H,2-6,9H2,1H3. The van der Waals surface area contributed by atoms with Crippen LogP contribution < -0.4 is 5.73 Å². The molecule has 4 heteroatoms. The summed E-state index contributed by atoms with van der Waals surface area (Å²) < 4.78 is 10.9. The number of hydrogen-bond donors (Lipinski definition) is 1. The molecular formula is C8H17NO2S. The van der Waals surface area contributed by atoms with Gasteiger partial charge in [0.25, 0.3) is 0 Å². The van der Waals surface area contributed by atoms with Gasteiger partial charge in [-0.15, -0.1) is 0 Å². The Balaban J connectivity index is 2.03. The third-order valence-electron chi connectivity index (χ3n) is 1.78. The summed E-state index contributed by atoms with van der Waals surface area (Å²) in [6.07, 6.45) is 1.11. The van der Waals surface area contributed by atoms with Crippen molar-refractivity contribution in [3.63, 3.8) is 0 Å². The average Bonchev–Trinajstić information content (AvgIpc) is 2.53. The lowest BCUT2D eigenvalue weighted by Crippen LogP contribution is -2.22. The van der Waals surface area contributed by atoms with Crippen LogP contribution in [-0.4, -0.2) is 37.1 Å². The fourth-order valence-corrected chi connectivity index (χ4v) is 1.75. The van der Waals surface area contributed by atoms with Crippen molar-refractivity contribution < 1.29 is 9.47 Å². The largest absolute Gasteiger partial charge is 0.350 e. The summed E-state index contributed by atoms with van der Waals surface area (Å²) in [5.41, 5.74) is 5.44. The summed E-state index contributed by atoms with van der Waals surface area (Å²) >= 11 is 1.91. The second kappa shape index (κ2) is 5.80. The van der Waals surface area contributed by atoms with Crippen LogP contribution in [0.1, 0.15) is 13.3 Å². The maximum absolute atomic E-state index is 5.50. The van der Waals surface area contributed by atoms with Gasteiger partial charge in [-0.25, -0.2) is 0 Å². The normalized spacial score (nSPS) is 29.5. The number of hydrogen-bond acceptors (Lipinski definition) is 4. The van der Waals surface area contributed by atoms with Crippen LogP contribution in [0.5, 0.6) is 0 Å². The van der Waals surface area contributed by atoms with E-state index in [1.165, 1.54) is 0 Å². The first-order valence-corrected chi connectivity index (χ1v) is 5.57. The van der Waals surface area contributed by atoms with Crippen LogP contribution in [0.3, 0.4) is 0 Å². The van der Waals surface area contributed by atoms with Gasteiger partial charge >= 0.3 is 0 Å². The van der Waals surface area contributed by atoms with Gasteiger partial charge in [-0.2, -0.15) is 11.8 Å². The second-order valence-corrected chi connectivity index (χ2v) is 4.14. The van der Waals surface area contributed by atoms with Crippen LogP contribution in [0.2, 0.25) is 0 Å². The highest BCUT2D eigenvalue weighted by Crippen LogP contribution is 2.15. The molecule has 2 N–H and O–H groups in total. The van der Waals surface area contributed by atoms with E-state index < -0.39 is 0 Å². The van der Waals surface area contributed by atoms with Gasteiger partial charge in [-0.05, 0) is 11.5 Å². The van der Waals surface area contributed by atoms with Crippen LogP contribution in [0.15, 0.2) is 0 Å². The van der Waals surface area contributed by atoms with Crippen molar-refractivity contribution in [2.24, 2.45) is 5.73 Å². The molecular weight excluding hydrogens is 174 g/mol. The quantitative estimate of drug-likeness (QED) is 0.654. The van der Waals surface area contributed by atoms with Crippen molar-refractivity contribution >= 4 is 11.8 Å². The Morgan fingerprint density at radius 3 is 3.00 bits per heavy atom. The highest BCUT2D eigenvalue weighted by molar-refractivity contribution is 7.99. The highest BCUT2D eigenvalue weighted by atomic mass is 32.2. The van der Waals surface area contributed by atoms with E-state index in [2.05, 4.69) is 6.92 Å². The lowest BCUT2D eigenvalue weighted by Gasteiger charge is -2.09. The molecule has 1 saturated heterocycles. The topological polar surface area (TPSA) is 44.5 Å². The summed E-state index contributed by atoms with van der Waals surface area (Å²) in [7, 11) is 0. The molecule has 0 aromatic rings. The fourth-order valence-electron chi connectivity index (χ4n) is 1.11. The number of thioether (sulfide) groups is 1. The summed E-state index contributed by atoms with van der Waals surface area (Å²) in [5, 5.41) is 0. The predicted molar refractivity (Wildman–Crippen MR) is 51.3 cm³/mol. The van der Waals surface area contributed by atoms with Crippen LogP contribution in [0.25, 0.3) is 0 Å². The Kier molecular flexibility index (Phi) is 4.99. The smallest absolute Gasteiger partial charge is 0.159 e. The van der Waals surface area contributed by atoms with Crippen molar-refractivity contribution in [1.82, 2.24) is 0 Å². The van der Waals surface area contributed by atoms with Crippen molar-refractivity contribution in [2.45, 2.75) is 25.7 Å². The monoisotopic (exact) mass is 191 g/mol. The maximum Gasteiger partial charge on any atom is 0.159 e. The van der Waals surface area contributed by atoms with E-state index in [-0.39, 0.29) is 12.4 Å². The van der Waals surface area contributed by atoms with E-state index in [0.717, 1.165) is 17.9 Å². The van der Waals surface area contributed by atoms with Gasteiger partial charge in [0.05, 0.1) is 12.7 Å². The van der Waals surface area contributed by atoms with Crippen molar-refractivity contribution in [2.75, 3.05) is 24.7 Å².